The SMILES string of the molecule is Cc1cc(C(C)Oc2ccc(C(=O)N[C@H](CC(=O)NO)CN(C)C)cc2)c2ccccc2n1. The van der Waals surface area contributed by atoms with E-state index in [0.717, 1.165) is 22.2 Å². The van der Waals surface area contributed by atoms with Crippen LogP contribution in [0.1, 0.15) is 41.1 Å². The van der Waals surface area contributed by atoms with E-state index < -0.39 is 11.9 Å². The van der Waals surface area contributed by atoms with Gasteiger partial charge >= 0.3 is 0 Å². The lowest BCUT2D eigenvalue weighted by Gasteiger charge is -2.22. The Hall–Kier alpha value is -3.49. The maximum Gasteiger partial charge on any atom is 0.251 e. The Labute approximate surface area is 193 Å². The van der Waals surface area contributed by atoms with Gasteiger partial charge in [0, 0.05) is 28.8 Å². The van der Waals surface area contributed by atoms with Crippen LogP contribution in [0.15, 0.2) is 54.6 Å². The Bertz CT molecular complexity index is 1120. The summed E-state index contributed by atoms with van der Waals surface area (Å²) in [6, 6.07) is 16.4. The summed E-state index contributed by atoms with van der Waals surface area (Å²) in [4.78, 5) is 30.7. The van der Waals surface area contributed by atoms with Crippen molar-refractivity contribution >= 4 is 22.7 Å². The molecular formula is C25H30N4O4. The number of likely N-dealkylation sites (N-methyl/N-ethyl adjacent to an activating group) is 1. The van der Waals surface area contributed by atoms with E-state index in [1.165, 1.54) is 0 Å². The molecule has 0 saturated carbocycles. The average molecular weight is 451 g/mol. The molecule has 0 aliphatic rings. The molecule has 2 atom stereocenters. The smallest absolute Gasteiger partial charge is 0.251 e. The molecule has 8 heteroatoms. The van der Waals surface area contributed by atoms with Crippen LogP contribution in [0.5, 0.6) is 5.75 Å². The Kier molecular flexibility index (Phi) is 7.97. The number of hydroxylamine groups is 1. The molecule has 0 spiro atoms. The number of carbonyl (C=O) groups excluding carboxylic acids is 2. The van der Waals surface area contributed by atoms with Crippen LogP contribution in [0.2, 0.25) is 0 Å². The van der Waals surface area contributed by atoms with Crippen LogP contribution in [0.3, 0.4) is 0 Å². The molecule has 0 radical (unpaired) electrons. The minimum Gasteiger partial charge on any atom is -0.486 e. The van der Waals surface area contributed by atoms with Gasteiger partial charge in [-0.05, 0) is 64.3 Å². The number of aryl methyl sites for hydroxylation is 1. The molecule has 1 aromatic heterocycles. The number of carbonyl (C=O) groups is 2. The fraction of sp³-hybridized carbons (Fsp3) is 0.320. The topological polar surface area (TPSA) is 104 Å². The molecule has 1 heterocycles. The second-order valence-corrected chi connectivity index (χ2v) is 8.33. The number of fused-ring (bicyclic) bond motifs is 1. The number of amides is 2. The molecule has 0 aliphatic heterocycles. The molecule has 0 saturated heterocycles. The molecule has 0 fully saturated rings. The van der Waals surface area contributed by atoms with Gasteiger partial charge in [-0.1, -0.05) is 18.2 Å². The van der Waals surface area contributed by atoms with Gasteiger partial charge in [-0.25, -0.2) is 5.48 Å². The van der Waals surface area contributed by atoms with Crippen molar-refractivity contribution in [1.29, 1.82) is 0 Å². The van der Waals surface area contributed by atoms with E-state index in [4.69, 9.17) is 9.94 Å². The first-order chi connectivity index (χ1) is 15.8. The van der Waals surface area contributed by atoms with Crippen molar-refractivity contribution in [3.8, 4) is 5.75 Å². The highest BCUT2D eigenvalue weighted by Crippen LogP contribution is 2.28. The molecule has 8 nitrogen and oxygen atoms in total. The fourth-order valence-electron chi connectivity index (χ4n) is 3.77. The van der Waals surface area contributed by atoms with Gasteiger partial charge in [-0.15, -0.1) is 0 Å². The lowest BCUT2D eigenvalue weighted by atomic mass is 10.0. The average Bonchev–Trinajstić information content (AvgIpc) is 2.78. The summed E-state index contributed by atoms with van der Waals surface area (Å²) in [5.41, 5.74) is 4.96. The zero-order chi connectivity index (χ0) is 24.0. The number of hydrogen-bond acceptors (Lipinski definition) is 6. The Morgan fingerprint density at radius 3 is 2.48 bits per heavy atom. The van der Waals surface area contributed by atoms with E-state index in [9.17, 15) is 9.59 Å². The number of pyridine rings is 1. The second kappa shape index (κ2) is 10.9. The van der Waals surface area contributed by atoms with Crippen LogP contribution in [-0.4, -0.2) is 53.6 Å². The maximum atomic E-state index is 12.7. The van der Waals surface area contributed by atoms with Crippen molar-refractivity contribution in [2.75, 3.05) is 20.6 Å². The second-order valence-electron chi connectivity index (χ2n) is 8.33. The number of benzene rings is 2. The van der Waals surface area contributed by atoms with E-state index in [1.807, 2.05) is 63.2 Å². The maximum absolute atomic E-state index is 12.7. The van der Waals surface area contributed by atoms with Crippen molar-refractivity contribution in [2.24, 2.45) is 0 Å². The molecule has 0 bridgehead atoms. The molecule has 2 aromatic carbocycles. The van der Waals surface area contributed by atoms with Crippen molar-refractivity contribution < 1.29 is 19.5 Å². The van der Waals surface area contributed by atoms with Gasteiger partial charge < -0.3 is 15.0 Å². The monoisotopic (exact) mass is 450 g/mol. The summed E-state index contributed by atoms with van der Waals surface area (Å²) in [6.07, 6.45) is -0.240. The Morgan fingerprint density at radius 1 is 1.12 bits per heavy atom. The number of hydrogen-bond donors (Lipinski definition) is 3. The van der Waals surface area contributed by atoms with Crippen LogP contribution in [-0.2, 0) is 4.79 Å². The molecule has 174 valence electrons. The van der Waals surface area contributed by atoms with Gasteiger partial charge in [0.25, 0.3) is 5.91 Å². The highest BCUT2D eigenvalue weighted by atomic mass is 16.5. The largest absolute Gasteiger partial charge is 0.486 e. The van der Waals surface area contributed by atoms with Crippen LogP contribution in [0, 0.1) is 6.92 Å². The first-order valence-corrected chi connectivity index (χ1v) is 10.8. The van der Waals surface area contributed by atoms with Gasteiger partial charge in [0.05, 0.1) is 18.0 Å². The third kappa shape index (κ3) is 6.50. The molecule has 3 rings (SSSR count). The molecular weight excluding hydrogens is 420 g/mol. The van der Waals surface area contributed by atoms with Crippen molar-refractivity contribution in [3.63, 3.8) is 0 Å². The van der Waals surface area contributed by atoms with Crippen LogP contribution < -0.4 is 15.5 Å². The van der Waals surface area contributed by atoms with E-state index in [0.29, 0.717) is 17.9 Å². The van der Waals surface area contributed by atoms with E-state index in [-0.39, 0.29) is 18.4 Å². The van der Waals surface area contributed by atoms with Gasteiger partial charge in [-0.2, -0.15) is 0 Å². The minimum absolute atomic E-state index is 0.0293. The first kappa shape index (κ1) is 24.2. The van der Waals surface area contributed by atoms with Gasteiger partial charge in [0.1, 0.15) is 11.9 Å². The lowest BCUT2D eigenvalue weighted by molar-refractivity contribution is -0.129. The van der Waals surface area contributed by atoms with E-state index >= 15 is 0 Å². The number of ether oxygens (including phenoxy) is 1. The number of aromatic nitrogens is 1. The van der Waals surface area contributed by atoms with Crippen LogP contribution in [0.4, 0.5) is 0 Å². The summed E-state index contributed by atoms with van der Waals surface area (Å²) in [5.74, 6) is -0.219. The highest BCUT2D eigenvalue weighted by Gasteiger charge is 2.19. The third-order valence-corrected chi connectivity index (χ3v) is 5.22. The molecule has 1 unspecified atom stereocenters. The first-order valence-electron chi connectivity index (χ1n) is 10.8. The zero-order valence-corrected chi connectivity index (χ0v) is 19.3. The lowest BCUT2D eigenvalue weighted by Crippen LogP contribution is -2.44. The molecule has 33 heavy (non-hydrogen) atoms. The zero-order valence-electron chi connectivity index (χ0n) is 19.3. The Morgan fingerprint density at radius 2 is 1.82 bits per heavy atom. The van der Waals surface area contributed by atoms with Gasteiger partial charge in [0.2, 0.25) is 5.91 Å². The highest BCUT2D eigenvalue weighted by molar-refractivity contribution is 5.94. The molecule has 0 aliphatic carbocycles. The number of nitrogens with one attached hydrogen (secondary N) is 2. The van der Waals surface area contributed by atoms with Crippen molar-refractivity contribution in [1.82, 2.24) is 20.7 Å². The van der Waals surface area contributed by atoms with E-state index in [1.54, 1.807) is 29.7 Å². The third-order valence-electron chi connectivity index (χ3n) is 5.22. The van der Waals surface area contributed by atoms with Crippen molar-refractivity contribution in [2.45, 2.75) is 32.4 Å². The summed E-state index contributed by atoms with van der Waals surface area (Å²) in [7, 11) is 3.69. The summed E-state index contributed by atoms with van der Waals surface area (Å²) in [6.45, 7) is 4.40. The van der Waals surface area contributed by atoms with Crippen LogP contribution >= 0.6 is 0 Å². The molecule has 3 aromatic rings. The van der Waals surface area contributed by atoms with E-state index in [2.05, 4.69) is 10.3 Å². The fourth-order valence-corrected chi connectivity index (χ4v) is 3.77. The predicted octanol–water partition coefficient (Wildman–Crippen LogP) is 3.24. The number of rotatable bonds is 9. The molecule has 2 amide bonds. The van der Waals surface area contributed by atoms with Gasteiger partial charge in [0.15, 0.2) is 0 Å². The van der Waals surface area contributed by atoms with Crippen LogP contribution in [0.25, 0.3) is 10.9 Å². The quantitative estimate of drug-likeness (QED) is 0.342. The number of para-hydroxylation sites is 1. The van der Waals surface area contributed by atoms with Gasteiger partial charge in [-0.3, -0.25) is 19.8 Å². The van der Waals surface area contributed by atoms with Crippen molar-refractivity contribution in [3.05, 3.63) is 71.4 Å². The Balaban J connectivity index is 1.70. The predicted molar refractivity (Wildman–Crippen MR) is 126 cm³/mol. The summed E-state index contributed by atoms with van der Waals surface area (Å²) < 4.78 is 6.15. The molecule has 3 N–H and O–H groups in total. The minimum atomic E-state index is -0.557. The standard InChI is InChI=1S/C25H30N4O4/c1-16-13-22(21-7-5-6-8-23(21)26-16)17(2)33-20-11-9-18(10-12-20)25(31)27-19(15-29(3)4)14-24(30)28-32/h5-13,17,19,32H,14-15H2,1-4H3,(H,27,31)(H,28,30)/t17?,19-/m1/s1. The summed E-state index contributed by atoms with van der Waals surface area (Å²) >= 11 is 0. The summed E-state index contributed by atoms with van der Waals surface area (Å²) in [5, 5.41) is 12.7. The normalized spacial score (nSPS) is 12.9. The number of nitrogens with zero attached hydrogens (tertiary/aromatic N) is 2.